The Hall–Kier alpha value is -2.30. The van der Waals surface area contributed by atoms with Crippen LogP contribution in [0.2, 0.25) is 0 Å². The summed E-state index contributed by atoms with van der Waals surface area (Å²) < 4.78 is 0. The van der Waals surface area contributed by atoms with Gasteiger partial charge in [-0.1, -0.05) is 54.6 Å². The van der Waals surface area contributed by atoms with Crippen molar-refractivity contribution in [2.75, 3.05) is 5.75 Å². The molecule has 3 aromatic rings. The molecule has 3 aromatic carbocycles. The number of hydrogen-bond donors (Lipinski definition) is 2. The molecule has 0 saturated heterocycles. The third kappa shape index (κ3) is 4.82. The van der Waals surface area contributed by atoms with Crippen molar-refractivity contribution in [3.05, 3.63) is 77.9 Å². The molecule has 2 unspecified atom stereocenters. The van der Waals surface area contributed by atoms with E-state index >= 15 is 0 Å². The first kappa shape index (κ1) is 20.0. The van der Waals surface area contributed by atoms with E-state index in [2.05, 4.69) is 79.0 Å². The largest absolute Gasteiger partial charge is 0.481 e. The lowest BCUT2D eigenvalue weighted by atomic mass is 9.97. The molecule has 2 N–H and O–H groups in total. The highest BCUT2D eigenvalue weighted by atomic mass is 32.2. The van der Waals surface area contributed by atoms with Crippen molar-refractivity contribution in [2.45, 2.75) is 49.1 Å². The van der Waals surface area contributed by atoms with Gasteiger partial charge >= 0.3 is 5.97 Å². The fraction of sp³-hybridized carbons (Fsp3) is 0.320. The van der Waals surface area contributed by atoms with Crippen LogP contribution in [0, 0.1) is 0 Å². The van der Waals surface area contributed by atoms with Gasteiger partial charge in [0.2, 0.25) is 0 Å². The topological polar surface area (TPSA) is 49.3 Å². The summed E-state index contributed by atoms with van der Waals surface area (Å²) in [6, 6.07) is 24.5. The normalized spacial score (nSPS) is 20.0. The Kier molecular flexibility index (Phi) is 6.22. The van der Waals surface area contributed by atoms with Crippen LogP contribution in [0.5, 0.6) is 0 Å². The molecule has 0 aliphatic heterocycles. The minimum absolute atomic E-state index is 0.112. The molecule has 3 atom stereocenters. The summed E-state index contributed by atoms with van der Waals surface area (Å²) in [5, 5.41) is 15.3. The Balaban J connectivity index is 1.38. The summed E-state index contributed by atoms with van der Waals surface area (Å²) in [7, 11) is 0. The molecular formula is C25H27NO2S. The minimum Gasteiger partial charge on any atom is -0.481 e. The van der Waals surface area contributed by atoms with Crippen LogP contribution in [-0.2, 0) is 4.79 Å². The highest BCUT2D eigenvalue weighted by Gasteiger charge is 2.27. The van der Waals surface area contributed by atoms with E-state index < -0.39 is 5.97 Å². The van der Waals surface area contributed by atoms with Gasteiger partial charge in [0.1, 0.15) is 0 Å². The zero-order valence-electron chi connectivity index (χ0n) is 16.7. The molecule has 0 bridgehead atoms. The lowest BCUT2D eigenvalue weighted by Crippen LogP contribution is -2.29. The van der Waals surface area contributed by atoms with Gasteiger partial charge in [-0.2, -0.15) is 0 Å². The van der Waals surface area contributed by atoms with Gasteiger partial charge in [-0.3, -0.25) is 4.79 Å². The fourth-order valence-electron chi connectivity index (χ4n) is 4.49. The molecule has 4 rings (SSSR count). The summed E-state index contributed by atoms with van der Waals surface area (Å²) in [6.07, 6.45) is 3.54. The molecule has 0 aromatic heterocycles. The summed E-state index contributed by atoms with van der Waals surface area (Å²) >= 11 is 1.38. The Bertz CT molecular complexity index is 980. The number of aliphatic carboxylic acids is 1. The lowest BCUT2D eigenvalue weighted by Gasteiger charge is -2.21. The number of rotatable bonds is 7. The van der Waals surface area contributed by atoms with E-state index in [1.54, 1.807) is 0 Å². The number of hydrogen-bond acceptors (Lipinski definition) is 3. The zero-order valence-corrected chi connectivity index (χ0v) is 17.5. The van der Waals surface area contributed by atoms with Crippen molar-refractivity contribution in [3.63, 3.8) is 0 Å². The van der Waals surface area contributed by atoms with Gasteiger partial charge in [0, 0.05) is 17.0 Å². The summed E-state index contributed by atoms with van der Waals surface area (Å²) in [4.78, 5) is 11.7. The average Bonchev–Trinajstić information content (AvgIpc) is 3.20. The molecule has 29 heavy (non-hydrogen) atoms. The van der Waals surface area contributed by atoms with E-state index in [9.17, 15) is 4.79 Å². The molecule has 0 spiro atoms. The van der Waals surface area contributed by atoms with Gasteiger partial charge in [0.05, 0.1) is 5.75 Å². The van der Waals surface area contributed by atoms with Gasteiger partial charge in [-0.15, -0.1) is 11.8 Å². The van der Waals surface area contributed by atoms with Crippen molar-refractivity contribution >= 4 is 28.5 Å². The predicted molar refractivity (Wildman–Crippen MR) is 121 cm³/mol. The third-order valence-electron chi connectivity index (χ3n) is 5.92. The molecule has 150 valence electrons. The van der Waals surface area contributed by atoms with Gasteiger partial charge in [0.15, 0.2) is 0 Å². The first-order valence-corrected chi connectivity index (χ1v) is 11.3. The van der Waals surface area contributed by atoms with Crippen LogP contribution < -0.4 is 5.32 Å². The molecule has 0 amide bonds. The number of nitrogens with one attached hydrogen (secondary N) is 1. The maximum Gasteiger partial charge on any atom is 0.313 e. The molecular weight excluding hydrogens is 378 g/mol. The second-order valence-electron chi connectivity index (χ2n) is 7.92. The quantitative estimate of drug-likeness (QED) is 0.473. The highest BCUT2D eigenvalue weighted by molar-refractivity contribution is 8.00. The number of fused-ring (bicyclic) bond motifs is 1. The van der Waals surface area contributed by atoms with Gasteiger partial charge in [-0.25, -0.2) is 0 Å². The molecule has 0 heterocycles. The van der Waals surface area contributed by atoms with Crippen molar-refractivity contribution < 1.29 is 9.90 Å². The van der Waals surface area contributed by atoms with E-state index in [4.69, 9.17) is 5.11 Å². The van der Waals surface area contributed by atoms with Crippen LogP contribution in [0.15, 0.2) is 71.6 Å². The van der Waals surface area contributed by atoms with Crippen molar-refractivity contribution in [1.29, 1.82) is 0 Å². The van der Waals surface area contributed by atoms with Crippen LogP contribution >= 0.6 is 11.8 Å². The first-order valence-electron chi connectivity index (χ1n) is 10.3. The van der Waals surface area contributed by atoms with Crippen molar-refractivity contribution in [1.82, 2.24) is 5.32 Å². The van der Waals surface area contributed by atoms with E-state index in [1.165, 1.54) is 46.5 Å². The monoisotopic (exact) mass is 405 g/mol. The van der Waals surface area contributed by atoms with Crippen molar-refractivity contribution in [3.8, 4) is 0 Å². The fourth-order valence-corrected chi connectivity index (χ4v) is 5.11. The Labute approximate surface area is 176 Å². The van der Waals surface area contributed by atoms with Gasteiger partial charge in [0.25, 0.3) is 0 Å². The summed E-state index contributed by atoms with van der Waals surface area (Å²) in [5.74, 6) is -0.0873. The third-order valence-corrected chi connectivity index (χ3v) is 6.92. The molecule has 1 aliphatic rings. The van der Waals surface area contributed by atoms with Crippen LogP contribution in [0.1, 0.15) is 49.3 Å². The Morgan fingerprint density at radius 3 is 2.62 bits per heavy atom. The van der Waals surface area contributed by atoms with Crippen LogP contribution in [-0.4, -0.2) is 22.9 Å². The van der Waals surface area contributed by atoms with Crippen molar-refractivity contribution in [2.24, 2.45) is 0 Å². The highest BCUT2D eigenvalue weighted by Crippen LogP contribution is 2.36. The summed E-state index contributed by atoms with van der Waals surface area (Å²) in [6.45, 7) is 2.27. The Morgan fingerprint density at radius 1 is 1.07 bits per heavy atom. The van der Waals surface area contributed by atoms with Crippen LogP contribution in [0.4, 0.5) is 0 Å². The second kappa shape index (κ2) is 9.02. The zero-order chi connectivity index (χ0) is 20.2. The maximum atomic E-state index is 10.7. The standard InChI is InChI=1S/C25H27NO2S/c1-17(23-8-4-6-19-5-2-3-7-24(19)23)26-21-12-9-20(15-21)18-10-13-22(14-11-18)29-16-25(27)28/h2-8,10-11,13-14,17,20-21,26H,9,12,15-16H2,1H3,(H,27,28)/t17?,20?,21-/m0/s1. The number of carbonyl (C=O) groups is 1. The van der Waals surface area contributed by atoms with E-state index in [1.807, 2.05) is 0 Å². The molecule has 3 nitrogen and oxygen atoms in total. The lowest BCUT2D eigenvalue weighted by molar-refractivity contribution is -0.133. The molecule has 1 saturated carbocycles. The smallest absolute Gasteiger partial charge is 0.313 e. The number of carboxylic acid groups (broad SMARTS) is 1. The SMILES string of the molecule is CC(N[C@H]1CCC(c2ccc(SCC(=O)O)cc2)C1)c1cccc2ccccc12. The molecule has 0 radical (unpaired) electrons. The number of thioether (sulfide) groups is 1. The first-order chi connectivity index (χ1) is 14.1. The molecule has 1 aliphatic carbocycles. The van der Waals surface area contributed by atoms with Gasteiger partial charge < -0.3 is 10.4 Å². The Morgan fingerprint density at radius 2 is 1.83 bits per heavy atom. The minimum atomic E-state index is -0.774. The predicted octanol–water partition coefficient (Wildman–Crippen LogP) is 6.00. The van der Waals surface area contributed by atoms with Crippen LogP contribution in [0.3, 0.4) is 0 Å². The maximum absolute atomic E-state index is 10.7. The molecule has 1 fully saturated rings. The van der Waals surface area contributed by atoms with E-state index in [-0.39, 0.29) is 5.75 Å². The van der Waals surface area contributed by atoms with Gasteiger partial charge in [-0.05, 0) is 66.1 Å². The average molecular weight is 406 g/mol. The van der Waals surface area contributed by atoms with E-state index in [0.717, 1.165) is 11.3 Å². The summed E-state index contributed by atoms with van der Waals surface area (Å²) in [5.41, 5.74) is 2.73. The molecule has 4 heteroatoms. The number of benzene rings is 3. The number of carboxylic acids is 1. The second-order valence-corrected chi connectivity index (χ2v) is 8.96. The van der Waals surface area contributed by atoms with Crippen LogP contribution in [0.25, 0.3) is 10.8 Å². The van der Waals surface area contributed by atoms with E-state index in [0.29, 0.717) is 18.0 Å².